The highest BCUT2D eigenvalue weighted by molar-refractivity contribution is 6.05. The van der Waals surface area contributed by atoms with Gasteiger partial charge in [-0.25, -0.2) is 4.79 Å². The summed E-state index contributed by atoms with van der Waals surface area (Å²) >= 11 is 0. The van der Waals surface area contributed by atoms with Crippen LogP contribution in [0.15, 0.2) is 30.6 Å². The van der Waals surface area contributed by atoms with E-state index in [1.165, 1.54) is 17.1 Å². The van der Waals surface area contributed by atoms with Crippen LogP contribution in [0.5, 0.6) is 0 Å². The first kappa shape index (κ1) is 15.8. The number of carbonyl (C=O) groups excluding carboxylic acids is 1. The number of carboxylic acids is 1. The molecular formula is C16H19N3O3. The lowest BCUT2D eigenvalue weighted by Gasteiger charge is -2.19. The van der Waals surface area contributed by atoms with Crippen molar-refractivity contribution in [1.82, 2.24) is 9.78 Å². The molecule has 6 nitrogen and oxygen atoms in total. The fourth-order valence-corrected chi connectivity index (χ4v) is 1.99. The number of hydrogen-bond acceptors (Lipinski definition) is 3. The Morgan fingerprint density at radius 3 is 2.59 bits per heavy atom. The van der Waals surface area contributed by atoms with Crippen LogP contribution in [-0.2, 0) is 10.3 Å². The Kier molecular flexibility index (Phi) is 4.03. The van der Waals surface area contributed by atoms with E-state index in [2.05, 4.69) is 10.4 Å². The molecule has 0 saturated heterocycles. The zero-order valence-electron chi connectivity index (χ0n) is 13.0. The van der Waals surface area contributed by atoms with Crippen molar-refractivity contribution in [2.45, 2.75) is 33.2 Å². The molecule has 0 bridgehead atoms. The molecule has 0 fully saturated rings. The molecule has 0 atom stereocenters. The minimum atomic E-state index is -1.18. The summed E-state index contributed by atoms with van der Waals surface area (Å²) in [6.07, 6.45) is 2.95. The van der Waals surface area contributed by atoms with Crippen LogP contribution >= 0.6 is 0 Å². The normalized spacial score (nSPS) is 11.3. The predicted octanol–water partition coefficient (Wildman–Crippen LogP) is 2.57. The lowest BCUT2D eigenvalue weighted by atomic mass is 10.0. The van der Waals surface area contributed by atoms with Crippen molar-refractivity contribution in [3.63, 3.8) is 0 Å². The molecule has 22 heavy (non-hydrogen) atoms. The Hall–Kier alpha value is -2.63. The van der Waals surface area contributed by atoms with Gasteiger partial charge in [0.15, 0.2) is 5.54 Å². The quantitative estimate of drug-likeness (QED) is 0.909. The summed E-state index contributed by atoms with van der Waals surface area (Å²) in [6, 6.07) is 5.52. The van der Waals surface area contributed by atoms with Gasteiger partial charge in [-0.05, 0) is 44.9 Å². The summed E-state index contributed by atoms with van der Waals surface area (Å²) in [5.74, 6) is -1.24. The fourth-order valence-electron chi connectivity index (χ4n) is 1.99. The van der Waals surface area contributed by atoms with Crippen LogP contribution in [0.2, 0.25) is 0 Å². The molecule has 2 aromatic rings. The summed E-state index contributed by atoms with van der Waals surface area (Å²) in [5, 5.41) is 15.9. The van der Waals surface area contributed by atoms with E-state index in [9.17, 15) is 14.7 Å². The second kappa shape index (κ2) is 5.63. The maximum absolute atomic E-state index is 12.3. The van der Waals surface area contributed by atoms with Gasteiger partial charge >= 0.3 is 5.97 Å². The molecule has 0 unspecified atom stereocenters. The molecule has 2 rings (SSSR count). The van der Waals surface area contributed by atoms with Gasteiger partial charge in [0.2, 0.25) is 0 Å². The Labute approximate surface area is 128 Å². The molecule has 6 heteroatoms. The second-order valence-corrected chi connectivity index (χ2v) is 5.74. The zero-order chi connectivity index (χ0) is 16.5. The number of hydrogen-bond donors (Lipinski definition) is 2. The number of anilines is 1. The van der Waals surface area contributed by atoms with E-state index in [4.69, 9.17) is 0 Å². The van der Waals surface area contributed by atoms with E-state index in [-0.39, 0.29) is 5.91 Å². The van der Waals surface area contributed by atoms with Gasteiger partial charge in [-0.3, -0.25) is 9.48 Å². The minimum absolute atomic E-state index is 0.242. The molecule has 0 radical (unpaired) electrons. The van der Waals surface area contributed by atoms with Gasteiger partial charge < -0.3 is 10.4 Å². The highest BCUT2D eigenvalue weighted by Gasteiger charge is 2.30. The van der Waals surface area contributed by atoms with Crippen molar-refractivity contribution < 1.29 is 14.7 Å². The lowest BCUT2D eigenvalue weighted by Crippen LogP contribution is -2.35. The van der Waals surface area contributed by atoms with E-state index in [1.54, 1.807) is 19.9 Å². The van der Waals surface area contributed by atoms with Crippen molar-refractivity contribution in [3.05, 3.63) is 47.3 Å². The van der Waals surface area contributed by atoms with Gasteiger partial charge in [0.1, 0.15) is 0 Å². The fraction of sp³-hybridized carbons (Fsp3) is 0.312. The molecule has 1 heterocycles. The van der Waals surface area contributed by atoms with Gasteiger partial charge in [-0.1, -0.05) is 12.1 Å². The third kappa shape index (κ3) is 2.86. The summed E-state index contributed by atoms with van der Waals surface area (Å²) in [5.41, 5.74) is 1.82. The second-order valence-electron chi connectivity index (χ2n) is 5.74. The van der Waals surface area contributed by atoms with Crippen molar-refractivity contribution in [1.29, 1.82) is 0 Å². The number of nitrogens with zero attached hydrogens (tertiary/aromatic N) is 2. The smallest absolute Gasteiger partial charge is 0.331 e. The molecular weight excluding hydrogens is 282 g/mol. The summed E-state index contributed by atoms with van der Waals surface area (Å²) in [6.45, 7) is 6.91. The average Bonchev–Trinajstić information content (AvgIpc) is 2.90. The van der Waals surface area contributed by atoms with Crippen molar-refractivity contribution in [2.75, 3.05) is 5.32 Å². The molecule has 0 aliphatic carbocycles. The maximum atomic E-state index is 12.3. The van der Waals surface area contributed by atoms with Crippen LogP contribution in [0.4, 0.5) is 5.69 Å². The SMILES string of the molecule is Cc1cccc(C(=O)Nc2cnn(C(C)(C)C(=O)O)c2)c1C. The Bertz CT molecular complexity index is 732. The van der Waals surface area contributed by atoms with Crippen LogP contribution in [0.25, 0.3) is 0 Å². The van der Waals surface area contributed by atoms with Gasteiger partial charge in [0, 0.05) is 11.8 Å². The van der Waals surface area contributed by atoms with Crippen LogP contribution in [-0.4, -0.2) is 26.8 Å². The van der Waals surface area contributed by atoms with Crippen LogP contribution < -0.4 is 5.32 Å². The number of rotatable bonds is 4. The molecule has 1 amide bonds. The third-order valence-corrected chi connectivity index (χ3v) is 3.79. The predicted molar refractivity (Wildman–Crippen MR) is 83.1 cm³/mol. The van der Waals surface area contributed by atoms with Crippen molar-refractivity contribution >= 4 is 17.6 Å². The van der Waals surface area contributed by atoms with Gasteiger partial charge in [0.05, 0.1) is 11.9 Å². The molecule has 116 valence electrons. The van der Waals surface area contributed by atoms with Gasteiger partial charge in [-0.2, -0.15) is 5.10 Å². The largest absolute Gasteiger partial charge is 0.479 e. The highest BCUT2D eigenvalue weighted by atomic mass is 16.4. The monoisotopic (exact) mass is 301 g/mol. The average molecular weight is 301 g/mol. The van der Waals surface area contributed by atoms with Gasteiger partial charge in [-0.15, -0.1) is 0 Å². The molecule has 1 aromatic heterocycles. The van der Waals surface area contributed by atoms with E-state index < -0.39 is 11.5 Å². The maximum Gasteiger partial charge on any atom is 0.331 e. The van der Waals surface area contributed by atoms with Crippen LogP contribution in [0.3, 0.4) is 0 Å². The Balaban J connectivity index is 2.22. The topological polar surface area (TPSA) is 84.2 Å². The van der Waals surface area contributed by atoms with E-state index in [1.807, 2.05) is 26.0 Å². The highest BCUT2D eigenvalue weighted by Crippen LogP contribution is 2.19. The summed E-state index contributed by atoms with van der Waals surface area (Å²) in [4.78, 5) is 23.5. The number of nitrogens with one attached hydrogen (secondary N) is 1. The van der Waals surface area contributed by atoms with Crippen LogP contribution in [0.1, 0.15) is 35.3 Å². The molecule has 1 aromatic carbocycles. The third-order valence-electron chi connectivity index (χ3n) is 3.79. The molecule has 0 spiro atoms. The summed E-state index contributed by atoms with van der Waals surface area (Å²) < 4.78 is 1.31. The number of carboxylic acid groups (broad SMARTS) is 1. The summed E-state index contributed by atoms with van der Waals surface area (Å²) in [7, 11) is 0. The van der Waals surface area contributed by atoms with Crippen molar-refractivity contribution in [2.24, 2.45) is 0 Å². The Morgan fingerprint density at radius 1 is 1.27 bits per heavy atom. The minimum Gasteiger partial charge on any atom is -0.479 e. The van der Waals surface area contributed by atoms with E-state index >= 15 is 0 Å². The van der Waals surface area contributed by atoms with E-state index in [0.717, 1.165) is 11.1 Å². The van der Waals surface area contributed by atoms with Crippen LogP contribution in [0, 0.1) is 13.8 Å². The number of carbonyl (C=O) groups is 2. The standard InChI is InChI=1S/C16H19N3O3/c1-10-6-5-7-13(11(10)2)14(20)18-12-8-17-19(9-12)16(3,4)15(21)22/h5-9H,1-4H3,(H,18,20)(H,21,22). The van der Waals surface area contributed by atoms with Gasteiger partial charge in [0.25, 0.3) is 5.91 Å². The van der Waals surface area contributed by atoms with Crippen molar-refractivity contribution in [3.8, 4) is 0 Å². The zero-order valence-corrected chi connectivity index (χ0v) is 13.0. The number of amides is 1. The lowest BCUT2D eigenvalue weighted by molar-refractivity contribution is -0.146. The number of benzene rings is 1. The number of aliphatic carboxylic acids is 1. The number of aryl methyl sites for hydroxylation is 1. The first-order valence-electron chi connectivity index (χ1n) is 6.89. The molecule has 0 aliphatic heterocycles. The molecule has 2 N–H and O–H groups in total. The first-order chi connectivity index (χ1) is 10.2. The first-order valence-corrected chi connectivity index (χ1v) is 6.89. The molecule has 0 aliphatic rings. The van der Waals surface area contributed by atoms with E-state index in [0.29, 0.717) is 11.3 Å². The molecule has 0 saturated carbocycles. The Morgan fingerprint density at radius 2 is 1.95 bits per heavy atom. The number of aromatic nitrogens is 2.